The monoisotopic (exact) mass is 283 g/mol. The molecule has 0 heterocycles. The smallest absolute Gasteiger partial charge is 0.155 e. The second-order valence-corrected chi connectivity index (χ2v) is 7.50. The molecule has 1 atom stereocenters. The second kappa shape index (κ2) is 7.06. The van der Waals surface area contributed by atoms with E-state index in [1.54, 1.807) is 0 Å². The van der Waals surface area contributed by atoms with Crippen molar-refractivity contribution in [2.45, 2.75) is 39.5 Å². The van der Waals surface area contributed by atoms with Crippen LogP contribution in [0.5, 0.6) is 0 Å². The Bertz CT molecular complexity index is 495. The molecule has 4 heteroatoms. The van der Waals surface area contributed by atoms with Gasteiger partial charge in [-0.3, -0.25) is 0 Å². The zero-order valence-corrected chi connectivity index (χ0v) is 13.1. The fourth-order valence-electron chi connectivity index (χ4n) is 2.09. The summed E-state index contributed by atoms with van der Waals surface area (Å²) in [5.41, 5.74) is 1.94. The van der Waals surface area contributed by atoms with Gasteiger partial charge in [-0.05, 0) is 30.5 Å². The fourth-order valence-corrected chi connectivity index (χ4v) is 4.06. The Kier molecular flexibility index (Phi) is 6.01. The van der Waals surface area contributed by atoms with Gasteiger partial charge in [0.15, 0.2) is 9.84 Å². The molecule has 0 saturated heterocycles. The zero-order valence-electron chi connectivity index (χ0n) is 12.3. The predicted octanol–water partition coefficient (Wildman–Crippen LogP) is 2.54. The Morgan fingerprint density at radius 1 is 1.21 bits per heavy atom. The van der Waals surface area contributed by atoms with Crippen LogP contribution in [0.25, 0.3) is 0 Å². The molecule has 1 aromatic carbocycles. The van der Waals surface area contributed by atoms with Crippen LogP contribution in [0.15, 0.2) is 24.3 Å². The maximum atomic E-state index is 12.3. The van der Waals surface area contributed by atoms with Gasteiger partial charge < -0.3 is 5.32 Å². The summed E-state index contributed by atoms with van der Waals surface area (Å²) in [6.07, 6.45) is 0. The molecule has 1 N–H and O–H groups in total. The average molecular weight is 283 g/mol. The predicted molar refractivity (Wildman–Crippen MR) is 81.0 cm³/mol. The lowest BCUT2D eigenvalue weighted by Crippen LogP contribution is -2.40. The molecule has 0 aromatic heterocycles. The molecular formula is C15H25NO2S. The maximum Gasteiger partial charge on any atom is 0.155 e. The standard InChI is InChI=1S/C15H25NO2S/c1-5-16-15(12(2)3)11-19(17,18)10-14-9-7-6-8-13(14)4/h6-9,12,15-16H,5,10-11H2,1-4H3. The minimum atomic E-state index is -3.09. The van der Waals surface area contributed by atoms with E-state index in [9.17, 15) is 8.42 Å². The number of nitrogens with one attached hydrogen (secondary N) is 1. The van der Waals surface area contributed by atoms with Crippen molar-refractivity contribution in [2.75, 3.05) is 12.3 Å². The molecule has 0 spiro atoms. The van der Waals surface area contributed by atoms with E-state index in [0.29, 0.717) is 5.92 Å². The lowest BCUT2D eigenvalue weighted by atomic mass is 10.1. The summed E-state index contributed by atoms with van der Waals surface area (Å²) in [7, 11) is -3.09. The molecule has 0 aliphatic rings. The van der Waals surface area contributed by atoms with Crippen LogP contribution < -0.4 is 5.32 Å². The van der Waals surface area contributed by atoms with E-state index in [4.69, 9.17) is 0 Å². The highest BCUT2D eigenvalue weighted by atomic mass is 32.2. The SMILES string of the molecule is CCNC(CS(=O)(=O)Cc1ccccc1C)C(C)C. The van der Waals surface area contributed by atoms with Crippen LogP contribution in [0, 0.1) is 12.8 Å². The Labute approximate surface area is 117 Å². The number of aryl methyl sites for hydroxylation is 1. The lowest BCUT2D eigenvalue weighted by Gasteiger charge is -2.21. The van der Waals surface area contributed by atoms with Crippen LogP contribution in [0.4, 0.5) is 0 Å². The highest BCUT2D eigenvalue weighted by Gasteiger charge is 2.22. The molecule has 0 fully saturated rings. The van der Waals surface area contributed by atoms with Crippen molar-refractivity contribution in [1.82, 2.24) is 5.32 Å². The van der Waals surface area contributed by atoms with Gasteiger partial charge in [-0.15, -0.1) is 0 Å². The fraction of sp³-hybridized carbons (Fsp3) is 0.600. The Morgan fingerprint density at radius 2 is 1.84 bits per heavy atom. The molecule has 0 saturated carbocycles. The molecule has 0 aliphatic carbocycles. The van der Waals surface area contributed by atoms with Crippen molar-refractivity contribution in [3.05, 3.63) is 35.4 Å². The molecule has 0 bridgehead atoms. The third kappa shape index (κ3) is 5.33. The van der Waals surface area contributed by atoms with Gasteiger partial charge in [-0.1, -0.05) is 45.0 Å². The molecule has 1 aromatic rings. The molecule has 0 radical (unpaired) electrons. The minimum absolute atomic E-state index is 0.0269. The minimum Gasteiger partial charge on any atom is -0.313 e. The van der Waals surface area contributed by atoms with Gasteiger partial charge in [0.25, 0.3) is 0 Å². The van der Waals surface area contributed by atoms with Crippen LogP contribution >= 0.6 is 0 Å². The molecule has 108 valence electrons. The Balaban J connectivity index is 2.79. The Morgan fingerprint density at radius 3 is 2.37 bits per heavy atom. The van der Waals surface area contributed by atoms with Gasteiger partial charge in [-0.25, -0.2) is 8.42 Å². The first-order valence-corrected chi connectivity index (χ1v) is 8.66. The molecular weight excluding hydrogens is 258 g/mol. The molecule has 0 aliphatic heterocycles. The first-order chi connectivity index (χ1) is 8.85. The van der Waals surface area contributed by atoms with E-state index in [1.807, 2.05) is 38.1 Å². The van der Waals surface area contributed by atoms with E-state index in [-0.39, 0.29) is 17.5 Å². The summed E-state index contributed by atoms with van der Waals surface area (Å²) >= 11 is 0. The highest BCUT2D eigenvalue weighted by Crippen LogP contribution is 2.14. The summed E-state index contributed by atoms with van der Waals surface area (Å²) in [4.78, 5) is 0. The molecule has 19 heavy (non-hydrogen) atoms. The van der Waals surface area contributed by atoms with Crippen molar-refractivity contribution in [1.29, 1.82) is 0 Å². The second-order valence-electron chi connectivity index (χ2n) is 5.39. The quantitative estimate of drug-likeness (QED) is 0.836. The van der Waals surface area contributed by atoms with Gasteiger partial charge in [0.1, 0.15) is 0 Å². The van der Waals surface area contributed by atoms with Crippen molar-refractivity contribution >= 4 is 9.84 Å². The lowest BCUT2D eigenvalue weighted by molar-refractivity contribution is 0.434. The Hall–Kier alpha value is -0.870. The third-order valence-electron chi connectivity index (χ3n) is 3.34. The van der Waals surface area contributed by atoms with Crippen molar-refractivity contribution < 1.29 is 8.42 Å². The van der Waals surface area contributed by atoms with Crippen LogP contribution in [0.1, 0.15) is 31.9 Å². The third-order valence-corrected chi connectivity index (χ3v) is 4.96. The van der Waals surface area contributed by atoms with E-state index < -0.39 is 9.84 Å². The topological polar surface area (TPSA) is 46.2 Å². The van der Waals surface area contributed by atoms with Crippen molar-refractivity contribution in [3.8, 4) is 0 Å². The molecule has 3 nitrogen and oxygen atoms in total. The van der Waals surface area contributed by atoms with E-state index in [0.717, 1.165) is 17.7 Å². The zero-order chi connectivity index (χ0) is 14.5. The first-order valence-electron chi connectivity index (χ1n) is 6.84. The first kappa shape index (κ1) is 16.2. The van der Waals surface area contributed by atoms with Crippen LogP contribution in [-0.2, 0) is 15.6 Å². The van der Waals surface area contributed by atoms with Gasteiger partial charge in [0.05, 0.1) is 11.5 Å². The number of hydrogen-bond donors (Lipinski definition) is 1. The van der Waals surface area contributed by atoms with Gasteiger partial charge in [0.2, 0.25) is 0 Å². The van der Waals surface area contributed by atoms with E-state index >= 15 is 0 Å². The summed E-state index contributed by atoms with van der Waals surface area (Å²) in [5, 5.41) is 3.26. The van der Waals surface area contributed by atoms with Crippen molar-refractivity contribution in [3.63, 3.8) is 0 Å². The van der Waals surface area contributed by atoms with Gasteiger partial charge in [-0.2, -0.15) is 0 Å². The van der Waals surface area contributed by atoms with Crippen molar-refractivity contribution in [2.24, 2.45) is 5.92 Å². The summed E-state index contributed by atoms with van der Waals surface area (Å²) in [6.45, 7) is 8.86. The normalized spacial score (nSPS) is 13.7. The maximum absolute atomic E-state index is 12.3. The summed E-state index contributed by atoms with van der Waals surface area (Å²) in [6, 6.07) is 7.70. The van der Waals surface area contributed by atoms with E-state index in [1.165, 1.54) is 0 Å². The van der Waals surface area contributed by atoms with Crippen LogP contribution in [-0.4, -0.2) is 26.8 Å². The summed E-state index contributed by atoms with van der Waals surface area (Å²) < 4.78 is 24.6. The number of hydrogen-bond acceptors (Lipinski definition) is 3. The van der Waals surface area contributed by atoms with Crippen LogP contribution in [0.2, 0.25) is 0 Å². The largest absolute Gasteiger partial charge is 0.313 e. The molecule has 1 unspecified atom stereocenters. The number of benzene rings is 1. The highest BCUT2D eigenvalue weighted by molar-refractivity contribution is 7.90. The molecule has 0 amide bonds. The number of sulfone groups is 1. The average Bonchev–Trinajstić information content (AvgIpc) is 2.31. The van der Waals surface area contributed by atoms with Gasteiger partial charge >= 0.3 is 0 Å². The van der Waals surface area contributed by atoms with Crippen LogP contribution in [0.3, 0.4) is 0 Å². The summed E-state index contributed by atoms with van der Waals surface area (Å²) in [5.74, 6) is 0.646. The van der Waals surface area contributed by atoms with E-state index in [2.05, 4.69) is 19.2 Å². The molecule has 1 rings (SSSR count). The van der Waals surface area contributed by atoms with Gasteiger partial charge in [0, 0.05) is 6.04 Å². The number of rotatable bonds is 7.